The second kappa shape index (κ2) is 9.59. The van der Waals surface area contributed by atoms with Gasteiger partial charge in [-0.25, -0.2) is 0 Å². The summed E-state index contributed by atoms with van der Waals surface area (Å²) in [5.41, 5.74) is 0.725. The summed E-state index contributed by atoms with van der Waals surface area (Å²) in [4.78, 5) is 1.76. The van der Waals surface area contributed by atoms with Gasteiger partial charge in [0.15, 0.2) is 0 Å². The molecule has 0 aliphatic heterocycles. The minimum absolute atomic E-state index is 0. The van der Waals surface area contributed by atoms with Crippen LogP contribution in [0.3, 0.4) is 0 Å². The topological polar surface area (TPSA) is 96.3 Å². The van der Waals surface area contributed by atoms with Crippen LogP contribution in [-0.2, 0) is 10.1 Å². The molecule has 7 nitrogen and oxygen atoms in total. The van der Waals surface area contributed by atoms with Crippen molar-refractivity contribution in [2.24, 2.45) is 0 Å². The molecular formula is C13H21NNaO6S+. The van der Waals surface area contributed by atoms with Gasteiger partial charge < -0.3 is 19.5 Å². The molecule has 120 valence electrons. The van der Waals surface area contributed by atoms with E-state index in [-0.39, 0.29) is 36.1 Å². The van der Waals surface area contributed by atoms with Crippen molar-refractivity contribution in [3.63, 3.8) is 0 Å². The second-order valence-corrected chi connectivity index (χ2v) is 6.01. The first-order valence-electron chi connectivity index (χ1n) is 6.40. The molecule has 2 N–H and O–H groups in total. The number of aliphatic hydroxyl groups excluding tert-OH is 1. The van der Waals surface area contributed by atoms with Gasteiger partial charge >= 0.3 is 29.6 Å². The van der Waals surface area contributed by atoms with Crippen molar-refractivity contribution in [1.29, 1.82) is 0 Å². The first-order valence-corrected chi connectivity index (χ1v) is 8.01. The van der Waals surface area contributed by atoms with Gasteiger partial charge in [-0.2, -0.15) is 8.42 Å². The Bertz CT molecular complexity index is 543. The van der Waals surface area contributed by atoms with Crippen molar-refractivity contribution in [3.05, 3.63) is 18.2 Å². The SMILES string of the molecule is CCN(CC(O)CS(=O)(=O)O)c1cc(OC)cc(OC)c1.[Na+]. The number of methoxy groups -OCH3 is 2. The average molecular weight is 342 g/mol. The number of aliphatic hydroxyl groups is 1. The first-order chi connectivity index (χ1) is 9.78. The number of likely N-dealkylation sites (N-methyl/N-ethyl adjacent to an activating group) is 1. The summed E-state index contributed by atoms with van der Waals surface area (Å²) in [5.74, 6) is 0.476. The summed E-state index contributed by atoms with van der Waals surface area (Å²) < 4.78 is 40.7. The van der Waals surface area contributed by atoms with E-state index in [1.165, 1.54) is 14.2 Å². The molecule has 1 unspecified atom stereocenters. The Labute approximate surface area is 153 Å². The van der Waals surface area contributed by atoms with Crippen LogP contribution >= 0.6 is 0 Å². The number of hydrogen-bond donors (Lipinski definition) is 2. The Balaban J connectivity index is 0.00000441. The normalized spacial score (nSPS) is 12.2. The number of rotatable bonds is 8. The summed E-state index contributed by atoms with van der Waals surface area (Å²) >= 11 is 0. The van der Waals surface area contributed by atoms with Crippen molar-refractivity contribution in [2.45, 2.75) is 13.0 Å². The van der Waals surface area contributed by atoms with Crippen molar-refractivity contribution in [2.75, 3.05) is 38.0 Å². The van der Waals surface area contributed by atoms with Crippen molar-refractivity contribution < 1.29 is 57.1 Å². The van der Waals surface area contributed by atoms with Gasteiger partial charge in [0.05, 0.1) is 20.3 Å². The Hall–Kier alpha value is -0.510. The zero-order chi connectivity index (χ0) is 16.0. The molecule has 1 aromatic rings. The van der Waals surface area contributed by atoms with Crippen molar-refractivity contribution in [3.8, 4) is 11.5 Å². The van der Waals surface area contributed by atoms with Crippen LogP contribution in [0, 0.1) is 0 Å². The van der Waals surface area contributed by atoms with Gasteiger partial charge in [-0.1, -0.05) is 0 Å². The standard InChI is InChI=1S/C13H21NO6S.Na/c1-4-14(8-11(15)9-21(16,17)18)10-5-12(19-2)7-13(6-10)20-3;/h5-7,11,15H,4,8-9H2,1-3H3,(H,16,17,18);/q;+1. The number of ether oxygens (including phenoxy) is 2. The molecule has 1 atom stereocenters. The van der Waals surface area contributed by atoms with E-state index in [4.69, 9.17) is 14.0 Å². The maximum atomic E-state index is 10.8. The maximum Gasteiger partial charge on any atom is 1.00 e. The third-order valence-corrected chi connectivity index (χ3v) is 3.72. The molecule has 1 rings (SSSR count). The zero-order valence-corrected chi connectivity index (χ0v) is 16.1. The van der Waals surface area contributed by atoms with Gasteiger partial charge in [0, 0.05) is 37.0 Å². The monoisotopic (exact) mass is 342 g/mol. The molecule has 0 heterocycles. The number of hydrogen-bond acceptors (Lipinski definition) is 6. The quantitative estimate of drug-likeness (QED) is 0.408. The summed E-state index contributed by atoms with van der Waals surface area (Å²) in [6.07, 6.45) is -1.20. The van der Waals surface area contributed by atoms with Crippen LogP contribution in [0.2, 0.25) is 0 Å². The molecule has 0 amide bonds. The fourth-order valence-electron chi connectivity index (χ4n) is 1.94. The summed E-state index contributed by atoms with van der Waals surface area (Å²) in [5, 5.41) is 9.76. The van der Waals surface area contributed by atoms with Crippen LogP contribution < -0.4 is 43.9 Å². The van der Waals surface area contributed by atoms with Crippen LogP contribution in [0.25, 0.3) is 0 Å². The molecule has 0 bridgehead atoms. The van der Waals surface area contributed by atoms with Crippen LogP contribution in [0.1, 0.15) is 6.92 Å². The Morgan fingerprint density at radius 3 is 2.05 bits per heavy atom. The third-order valence-electron chi connectivity index (χ3n) is 2.92. The van der Waals surface area contributed by atoms with E-state index in [0.717, 1.165) is 5.69 Å². The Morgan fingerprint density at radius 1 is 1.18 bits per heavy atom. The van der Waals surface area contributed by atoms with Gasteiger partial charge in [0.1, 0.15) is 17.3 Å². The van der Waals surface area contributed by atoms with E-state index in [2.05, 4.69) is 0 Å². The molecule has 0 radical (unpaired) electrons. The van der Waals surface area contributed by atoms with Gasteiger partial charge in [-0.3, -0.25) is 4.55 Å². The number of anilines is 1. The molecule has 0 aliphatic carbocycles. The molecule has 0 aliphatic rings. The van der Waals surface area contributed by atoms with Crippen LogP contribution in [0.5, 0.6) is 11.5 Å². The molecule has 22 heavy (non-hydrogen) atoms. The van der Waals surface area contributed by atoms with E-state index in [0.29, 0.717) is 18.0 Å². The first kappa shape index (κ1) is 21.5. The minimum Gasteiger partial charge on any atom is -0.497 e. The van der Waals surface area contributed by atoms with Gasteiger partial charge in [0.2, 0.25) is 0 Å². The Morgan fingerprint density at radius 2 is 1.68 bits per heavy atom. The summed E-state index contributed by atoms with van der Waals surface area (Å²) in [7, 11) is -1.15. The third kappa shape index (κ3) is 7.17. The second-order valence-electron chi connectivity index (χ2n) is 4.51. The number of nitrogens with zero attached hydrogens (tertiary/aromatic N) is 1. The molecule has 0 fully saturated rings. The van der Waals surface area contributed by atoms with E-state index in [1.54, 1.807) is 23.1 Å². The van der Waals surface area contributed by atoms with Gasteiger partial charge in [-0.15, -0.1) is 0 Å². The number of benzene rings is 1. The smallest absolute Gasteiger partial charge is 0.497 e. The largest absolute Gasteiger partial charge is 1.00 e. The van der Waals surface area contributed by atoms with Crippen molar-refractivity contribution in [1.82, 2.24) is 0 Å². The van der Waals surface area contributed by atoms with Gasteiger partial charge in [-0.05, 0) is 6.92 Å². The van der Waals surface area contributed by atoms with Crippen LogP contribution in [0.4, 0.5) is 5.69 Å². The van der Waals surface area contributed by atoms with Crippen LogP contribution in [-0.4, -0.2) is 57.2 Å². The molecular weight excluding hydrogens is 321 g/mol. The van der Waals surface area contributed by atoms with E-state index in [9.17, 15) is 13.5 Å². The van der Waals surface area contributed by atoms with Gasteiger partial charge in [0.25, 0.3) is 10.1 Å². The molecule has 0 spiro atoms. The predicted molar refractivity (Wildman–Crippen MR) is 79.9 cm³/mol. The average Bonchev–Trinajstić information content (AvgIpc) is 2.42. The van der Waals surface area contributed by atoms with Crippen LogP contribution in [0.15, 0.2) is 18.2 Å². The minimum atomic E-state index is -4.21. The fourth-order valence-corrected chi connectivity index (χ4v) is 2.53. The van der Waals surface area contributed by atoms with E-state index >= 15 is 0 Å². The molecule has 0 saturated carbocycles. The Kier molecular flexibility index (Phi) is 9.37. The molecule has 0 saturated heterocycles. The molecule has 1 aromatic carbocycles. The summed E-state index contributed by atoms with van der Waals surface area (Å²) in [6.45, 7) is 2.47. The maximum absolute atomic E-state index is 10.8. The van der Waals surface area contributed by atoms with E-state index in [1.807, 2.05) is 6.92 Å². The molecule has 9 heteroatoms. The summed E-state index contributed by atoms with van der Waals surface area (Å²) in [6, 6.07) is 5.23. The van der Waals surface area contributed by atoms with Crippen molar-refractivity contribution >= 4 is 15.8 Å². The zero-order valence-electron chi connectivity index (χ0n) is 13.3. The fraction of sp³-hybridized carbons (Fsp3) is 0.538. The molecule has 0 aromatic heterocycles. The predicted octanol–water partition coefficient (Wildman–Crippen LogP) is -2.22. The van der Waals surface area contributed by atoms with E-state index < -0.39 is 22.0 Å².